The third kappa shape index (κ3) is 0.840. The molecule has 0 aromatic rings. The average molecular weight is 130 g/mol. The maximum atomic E-state index is 10.7. The van der Waals surface area contributed by atoms with Crippen molar-refractivity contribution in [1.82, 2.24) is 5.06 Å². The Balaban J connectivity index is 2.05. The molecule has 2 aliphatic heterocycles. The quantitative estimate of drug-likeness (QED) is 0.459. The highest BCUT2D eigenvalue weighted by atomic mass is 16.8. The van der Waals surface area contributed by atoms with Crippen LogP contribution in [0.1, 0.15) is 6.42 Å². The van der Waals surface area contributed by atoms with Crippen LogP contribution in [0, 0.1) is 5.21 Å². The van der Waals surface area contributed by atoms with Crippen LogP contribution in [-0.4, -0.2) is 30.7 Å². The summed E-state index contributed by atoms with van der Waals surface area (Å²) < 4.78 is 10.1. The van der Waals surface area contributed by atoms with Crippen LogP contribution in [0.25, 0.3) is 0 Å². The molecule has 0 N–H and O–H groups in total. The molecule has 0 radical (unpaired) electrons. The normalized spacial score (nSPS) is 43.7. The van der Waals surface area contributed by atoms with Crippen molar-refractivity contribution in [2.45, 2.75) is 18.9 Å². The molecular weight excluding hydrogens is 122 g/mol. The van der Waals surface area contributed by atoms with Gasteiger partial charge >= 0.3 is 0 Å². The Kier molecular flexibility index (Phi) is 1.19. The largest absolute Gasteiger partial charge is 0.782 e. The predicted octanol–water partition coefficient (Wildman–Crippen LogP) is -0.111. The van der Waals surface area contributed by atoms with Gasteiger partial charge in [-0.25, -0.2) is 0 Å². The van der Waals surface area contributed by atoms with Gasteiger partial charge in [0, 0.05) is 0 Å². The maximum absolute atomic E-state index is 10.7. The molecule has 2 aliphatic rings. The first-order valence-electron chi connectivity index (χ1n) is 3.07. The van der Waals surface area contributed by atoms with E-state index in [4.69, 9.17) is 9.47 Å². The van der Waals surface area contributed by atoms with Crippen LogP contribution in [0.2, 0.25) is 0 Å². The van der Waals surface area contributed by atoms with E-state index in [-0.39, 0.29) is 6.10 Å². The number of hydroxylamine groups is 2. The molecule has 2 atom stereocenters. The molecule has 0 amide bonds. The smallest absolute Gasteiger partial charge is 0.207 e. The summed E-state index contributed by atoms with van der Waals surface area (Å²) in [4.78, 5) is 0. The number of nitrogens with zero attached hydrogens (tertiary/aromatic N) is 1. The van der Waals surface area contributed by atoms with Gasteiger partial charge < -0.3 is 19.7 Å². The Morgan fingerprint density at radius 2 is 2.44 bits per heavy atom. The summed E-state index contributed by atoms with van der Waals surface area (Å²) in [5.74, 6) is 0. The molecule has 9 heavy (non-hydrogen) atoms. The number of hydrogen-bond donors (Lipinski definition) is 0. The van der Waals surface area contributed by atoms with E-state index < -0.39 is 6.41 Å². The SMILES string of the molecule is [O-]N1CCC2COC1O2. The van der Waals surface area contributed by atoms with Gasteiger partial charge in [0.1, 0.15) is 0 Å². The van der Waals surface area contributed by atoms with Crippen molar-refractivity contribution in [2.75, 3.05) is 13.2 Å². The minimum Gasteiger partial charge on any atom is -0.782 e. The zero-order valence-corrected chi connectivity index (χ0v) is 4.95. The topological polar surface area (TPSA) is 44.8 Å². The van der Waals surface area contributed by atoms with E-state index in [9.17, 15) is 5.21 Å². The van der Waals surface area contributed by atoms with Crippen LogP contribution >= 0.6 is 0 Å². The first kappa shape index (κ1) is 5.61. The number of hydrogen-bond acceptors (Lipinski definition) is 4. The van der Waals surface area contributed by atoms with Gasteiger partial charge in [-0.1, -0.05) is 0 Å². The lowest BCUT2D eigenvalue weighted by molar-refractivity contribution is -0.164. The van der Waals surface area contributed by atoms with E-state index in [0.717, 1.165) is 11.5 Å². The third-order valence-electron chi connectivity index (χ3n) is 1.64. The number of ether oxygens (including phenoxy) is 2. The molecule has 2 unspecified atom stereocenters. The second-order valence-electron chi connectivity index (χ2n) is 2.33. The second-order valence-corrected chi connectivity index (χ2v) is 2.33. The van der Waals surface area contributed by atoms with Crippen LogP contribution in [-0.2, 0) is 9.47 Å². The molecule has 2 fully saturated rings. The van der Waals surface area contributed by atoms with Gasteiger partial charge in [0.05, 0.1) is 12.7 Å². The highest BCUT2D eigenvalue weighted by Gasteiger charge is 2.31. The van der Waals surface area contributed by atoms with Crippen LogP contribution < -0.4 is 0 Å². The molecule has 2 bridgehead atoms. The molecule has 4 heteroatoms. The fraction of sp³-hybridized carbons (Fsp3) is 1.00. The van der Waals surface area contributed by atoms with E-state index in [0.29, 0.717) is 13.2 Å². The molecular formula is C5H8NO3-. The second kappa shape index (κ2) is 1.91. The third-order valence-corrected chi connectivity index (χ3v) is 1.64. The van der Waals surface area contributed by atoms with Gasteiger partial charge in [-0.05, 0) is 13.0 Å². The Morgan fingerprint density at radius 1 is 1.56 bits per heavy atom. The van der Waals surface area contributed by atoms with E-state index in [1.807, 2.05) is 0 Å². The molecule has 52 valence electrons. The summed E-state index contributed by atoms with van der Waals surface area (Å²) in [5.41, 5.74) is 0. The summed E-state index contributed by atoms with van der Waals surface area (Å²) in [6, 6.07) is 0. The zero-order chi connectivity index (χ0) is 6.27. The van der Waals surface area contributed by atoms with Crippen molar-refractivity contribution in [3.8, 4) is 0 Å². The zero-order valence-electron chi connectivity index (χ0n) is 4.95. The average Bonchev–Trinajstić information content (AvgIpc) is 2.25. The molecule has 0 aromatic carbocycles. The van der Waals surface area contributed by atoms with Gasteiger partial charge in [-0.15, -0.1) is 0 Å². The van der Waals surface area contributed by atoms with E-state index in [2.05, 4.69) is 0 Å². The molecule has 0 spiro atoms. The fourth-order valence-corrected chi connectivity index (χ4v) is 1.11. The number of fused-ring (bicyclic) bond motifs is 2. The van der Waals surface area contributed by atoms with Crippen LogP contribution in [0.4, 0.5) is 0 Å². The van der Waals surface area contributed by atoms with Gasteiger partial charge in [-0.2, -0.15) is 0 Å². The molecule has 4 nitrogen and oxygen atoms in total. The minimum absolute atomic E-state index is 0.181. The van der Waals surface area contributed by atoms with E-state index in [1.54, 1.807) is 0 Å². The van der Waals surface area contributed by atoms with Crippen molar-refractivity contribution >= 4 is 0 Å². The van der Waals surface area contributed by atoms with Gasteiger partial charge in [0.15, 0.2) is 0 Å². The predicted molar refractivity (Wildman–Crippen MR) is 29.3 cm³/mol. The van der Waals surface area contributed by atoms with Crippen molar-refractivity contribution in [3.05, 3.63) is 5.21 Å². The van der Waals surface area contributed by atoms with Crippen LogP contribution in [0.3, 0.4) is 0 Å². The van der Waals surface area contributed by atoms with Crippen molar-refractivity contribution in [3.63, 3.8) is 0 Å². The highest BCUT2D eigenvalue weighted by molar-refractivity contribution is 4.74. The molecule has 0 saturated carbocycles. The fourth-order valence-electron chi connectivity index (χ4n) is 1.11. The van der Waals surface area contributed by atoms with E-state index in [1.165, 1.54) is 0 Å². The molecule has 0 aliphatic carbocycles. The highest BCUT2D eigenvalue weighted by Crippen LogP contribution is 2.22. The lowest BCUT2D eigenvalue weighted by Gasteiger charge is -2.35. The Labute approximate surface area is 52.9 Å². The van der Waals surface area contributed by atoms with Gasteiger partial charge in [-0.3, -0.25) is 0 Å². The molecule has 0 aromatic heterocycles. The Bertz CT molecular complexity index is 119. The Hall–Kier alpha value is -0.160. The maximum Gasteiger partial charge on any atom is 0.207 e. The summed E-state index contributed by atoms with van der Waals surface area (Å²) in [7, 11) is 0. The van der Waals surface area contributed by atoms with Crippen LogP contribution in [0.5, 0.6) is 0 Å². The van der Waals surface area contributed by atoms with Crippen LogP contribution in [0.15, 0.2) is 0 Å². The van der Waals surface area contributed by atoms with E-state index >= 15 is 0 Å². The summed E-state index contributed by atoms with van der Waals surface area (Å²) in [6.45, 7) is 1.14. The van der Waals surface area contributed by atoms with Crippen molar-refractivity contribution in [2.24, 2.45) is 0 Å². The molecule has 2 saturated heterocycles. The molecule has 2 heterocycles. The lowest BCUT2D eigenvalue weighted by atomic mass is 10.2. The first-order valence-corrected chi connectivity index (χ1v) is 3.07. The molecule has 2 rings (SSSR count). The lowest BCUT2D eigenvalue weighted by Crippen LogP contribution is -2.37. The van der Waals surface area contributed by atoms with Gasteiger partial charge in [0.2, 0.25) is 6.41 Å². The number of rotatable bonds is 0. The standard InChI is InChI=1S/C5H8NO3/c7-6-2-1-4-3-8-5(6)9-4/h4-5H,1-3H2/q-1. The summed E-state index contributed by atoms with van der Waals surface area (Å²) >= 11 is 0. The van der Waals surface area contributed by atoms with Crippen molar-refractivity contribution in [1.29, 1.82) is 0 Å². The Morgan fingerprint density at radius 3 is 3.22 bits per heavy atom. The van der Waals surface area contributed by atoms with Crippen molar-refractivity contribution < 1.29 is 9.47 Å². The minimum atomic E-state index is -0.594. The summed E-state index contributed by atoms with van der Waals surface area (Å²) in [5, 5.41) is 11.6. The summed E-state index contributed by atoms with van der Waals surface area (Å²) in [6.07, 6.45) is 0.393. The van der Waals surface area contributed by atoms with Gasteiger partial charge in [0.25, 0.3) is 0 Å². The first-order chi connectivity index (χ1) is 4.36. The monoisotopic (exact) mass is 130 g/mol.